The molecule has 9 heteroatoms. The van der Waals surface area contributed by atoms with Gasteiger partial charge in [-0.05, 0) is 30.7 Å². The minimum absolute atomic E-state index is 0.0698. The smallest absolute Gasteiger partial charge is 0.243 e. The van der Waals surface area contributed by atoms with Crippen LogP contribution in [0.4, 0.5) is 5.69 Å². The summed E-state index contributed by atoms with van der Waals surface area (Å²) in [6.45, 7) is 2.11. The van der Waals surface area contributed by atoms with Crippen LogP contribution in [0.2, 0.25) is 0 Å². The van der Waals surface area contributed by atoms with E-state index in [1.165, 1.54) is 16.4 Å². The fourth-order valence-corrected chi connectivity index (χ4v) is 6.17. The number of hydrogen-bond donors (Lipinski definition) is 0. The highest BCUT2D eigenvalue weighted by molar-refractivity contribution is 7.89. The monoisotopic (exact) mass is 401 g/mol. The van der Waals surface area contributed by atoms with Gasteiger partial charge >= 0.3 is 0 Å². The fourth-order valence-electron chi connectivity index (χ4n) is 4.48. The molecule has 28 heavy (non-hydrogen) atoms. The summed E-state index contributed by atoms with van der Waals surface area (Å²) in [5.41, 5.74) is 1.70. The summed E-state index contributed by atoms with van der Waals surface area (Å²) in [4.78, 5) is 18.9. The number of benzene rings is 1. The second-order valence-electron chi connectivity index (χ2n) is 7.29. The first kappa shape index (κ1) is 17.4. The van der Waals surface area contributed by atoms with Crippen molar-refractivity contribution < 1.29 is 22.7 Å². The van der Waals surface area contributed by atoms with Gasteiger partial charge in [-0.1, -0.05) is 0 Å². The lowest BCUT2D eigenvalue weighted by Gasteiger charge is -2.34. The first-order valence-electron chi connectivity index (χ1n) is 9.02. The van der Waals surface area contributed by atoms with Crippen molar-refractivity contribution in [1.29, 1.82) is 0 Å². The highest BCUT2D eigenvalue weighted by Crippen LogP contribution is 2.47. The van der Waals surface area contributed by atoms with Crippen molar-refractivity contribution in [3.05, 3.63) is 42.2 Å². The first-order chi connectivity index (χ1) is 13.4. The van der Waals surface area contributed by atoms with Crippen LogP contribution in [0.5, 0.6) is 11.5 Å². The van der Waals surface area contributed by atoms with Crippen LogP contribution in [0.15, 0.2) is 41.6 Å². The van der Waals surface area contributed by atoms with E-state index in [9.17, 15) is 13.2 Å². The molecule has 0 aliphatic carbocycles. The second kappa shape index (κ2) is 5.92. The van der Waals surface area contributed by atoms with E-state index >= 15 is 0 Å². The molecule has 3 atom stereocenters. The van der Waals surface area contributed by atoms with Crippen LogP contribution in [0, 0.1) is 5.92 Å². The third-order valence-corrected chi connectivity index (χ3v) is 7.89. The number of carbonyl (C=O) groups excluding carboxylic acids is 1. The maximum Gasteiger partial charge on any atom is 0.243 e. The van der Waals surface area contributed by atoms with Gasteiger partial charge in [-0.3, -0.25) is 9.78 Å². The number of ether oxygens (including phenoxy) is 2. The third kappa shape index (κ3) is 2.29. The summed E-state index contributed by atoms with van der Waals surface area (Å²) in [5.74, 6) is 0.214. The van der Waals surface area contributed by atoms with Gasteiger partial charge < -0.3 is 14.4 Å². The number of amides is 1. The molecule has 1 fully saturated rings. The standard InChI is InChI=1S/C19H19N3O5S/c1-11-18-14(13-8-20-6-5-15(13)21(2)19(18)23)9-22(11)28(24,25)12-3-4-16-17(7-12)27-10-26-16/h3-8,11,14,18H,9-10H2,1-2H3/t11-,14+,18+/m1/s1. The van der Waals surface area contributed by atoms with E-state index < -0.39 is 22.0 Å². The second-order valence-corrected chi connectivity index (χ2v) is 9.18. The Balaban J connectivity index is 1.55. The van der Waals surface area contributed by atoms with Crippen LogP contribution in [0.25, 0.3) is 0 Å². The van der Waals surface area contributed by atoms with E-state index in [1.807, 2.05) is 0 Å². The molecule has 4 heterocycles. The maximum atomic E-state index is 13.4. The molecule has 1 saturated heterocycles. The Morgan fingerprint density at radius 1 is 1.18 bits per heavy atom. The van der Waals surface area contributed by atoms with E-state index in [0.29, 0.717) is 11.5 Å². The van der Waals surface area contributed by atoms with Crippen LogP contribution < -0.4 is 14.4 Å². The van der Waals surface area contributed by atoms with E-state index in [2.05, 4.69) is 4.98 Å². The Morgan fingerprint density at radius 3 is 2.79 bits per heavy atom. The van der Waals surface area contributed by atoms with Gasteiger partial charge in [0.1, 0.15) is 0 Å². The van der Waals surface area contributed by atoms with Crippen molar-refractivity contribution >= 4 is 21.6 Å². The zero-order valence-electron chi connectivity index (χ0n) is 15.4. The molecule has 3 aliphatic heterocycles. The zero-order valence-corrected chi connectivity index (χ0v) is 16.2. The highest BCUT2D eigenvalue weighted by atomic mass is 32.2. The van der Waals surface area contributed by atoms with Crippen molar-refractivity contribution in [1.82, 2.24) is 9.29 Å². The highest BCUT2D eigenvalue weighted by Gasteiger charge is 2.52. The number of carbonyl (C=O) groups is 1. The first-order valence-corrected chi connectivity index (χ1v) is 10.5. The Bertz CT molecular complexity index is 1090. The van der Waals surface area contributed by atoms with Gasteiger partial charge in [0.05, 0.1) is 10.8 Å². The van der Waals surface area contributed by atoms with Gasteiger partial charge in [-0.25, -0.2) is 8.42 Å². The van der Waals surface area contributed by atoms with Crippen LogP contribution in [-0.4, -0.2) is 50.0 Å². The lowest BCUT2D eigenvalue weighted by atomic mass is 9.81. The van der Waals surface area contributed by atoms with E-state index in [0.717, 1.165) is 11.3 Å². The molecule has 0 N–H and O–H groups in total. The van der Waals surface area contributed by atoms with Crippen LogP contribution in [-0.2, 0) is 14.8 Å². The van der Waals surface area contributed by atoms with E-state index in [1.54, 1.807) is 43.4 Å². The van der Waals surface area contributed by atoms with Gasteiger partial charge in [-0.15, -0.1) is 0 Å². The average Bonchev–Trinajstić information content (AvgIpc) is 3.30. The quantitative estimate of drug-likeness (QED) is 0.759. The Kier molecular flexibility index (Phi) is 3.69. The van der Waals surface area contributed by atoms with Gasteiger partial charge in [0, 0.05) is 49.7 Å². The molecule has 3 aliphatic rings. The molecule has 1 amide bonds. The number of aromatic nitrogens is 1. The molecular weight excluding hydrogens is 382 g/mol. The Hall–Kier alpha value is -2.65. The summed E-state index contributed by atoms with van der Waals surface area (Å²) in [6.07, 6.45) is 3.38. The number of nitrogens with zero attached hydrogens (tertiary/aromatic N) is 3. The molecule has 5 rings (SSSR count). The van der Waals surface area contributed by atoms with Gasteiger partial charge in [0.15, 0.2) is 11.5 Å². The lowest BCUT2D eigenvalue weighted by Crippen LogP contribution is -2.44. The number of fused-ring (bicyclic) bond motifs is 4. The number of pyridine rings is 1. The summed E-state index contributed by atoms with van der Waals surface area (Å²) in [6, 6.07) is 5.92. The summed E-state index contributed by atoms with van der Waals surface area (Å²) >= 11 is 0. The molecule has 1 aromatic carbocycles. The summed E-state index contributed by atoms with van der Waals surface area (Å²) in [5, 5.41) is 0. The van der Waals surface area contributed by atoms with Gasteiger partial charge in [0.2, 0.25) is 22.7 Å². The molecular formula is C19H19N3O5S. The lowest BCUT2D eigenvalue weighted by molar-refractivity contribution is -0.123. The van der Waals surface area contributed by atoms with Crippen LogP contribution >= 0.6 is 0 Å². The Morgan fingerprint density at radius 2 is 1.96 bits per heavy atom. The predicted molar refractivity (Wildman–Crippen MR) is 99.8 cm³/mol. The fraction of sp³-hybridized carbons (Fsp3) is 0.368. The molecule has 0 unspecified atom stereocenters. The van der Waals surface area contributed by atoms with Crippen molar-refractivity contribution in [3.8, 4) is 11.5 Å². The minimum Gasteiger partial charge on any atom is -0.454 e. The van der Waals surface area contributed by atoms with Crippen LogP contribution in [0.1, 0.15) is 18.4 Å². The number of rotatable bonds is 2. The Labute approximate surface area is 162 Å². The molecule has 146 valence electrons. The SMILES string of the molecule is C[C@@H]1[C@@H]2C(=O)N(C)c3ccncc3[C@@H]2CN1S(=O)(=O)c1ccc2c(c1)OCO2. The largest absolute Gasteiger partial charge is 0.454 e. The summed E-state index contributed by atoms with van der Waals surface area (Å²) in [7, 11) is -2.08. The van der Waals surface area contributed by atoms with Crippen molar-refractivity contribution in [3.63, 3.8) is 0 Å². The van der Waals surface area contributed by atoms with Gasteiger partial charge in [-0.2, -0.15) is 4.31 Å². The number of anilines is 1. The van der Waals surface area contributed by atoms with Gasteiger partial charge in [0.25, 0.3) is 0 Å². The number of sulfonamides is 1. The summed E-state index contributed by atoms with van der Waals surface area (Å²) < 4.78 is 38.8. The predicted octanol–water partition coefficient (Wildman–Crippen LogP) is 1.58. The average molecular weight is 401 g/mol. The normalized spacial score (nSPS) is 26.3. The molecule has 0 saturated carbocycles. The zero-order chi connectivity index (χ0) is 19.6. The topological polar surface area (TPSA) is 89.0 Å². The van der Waals surface area contributed by atoms with Crippen molar-refractivity contribution in [2.75, 3.05) is 25.3 Å². The van der Waals surface area contributed by atoms with E-state index in [-0.39, 0.29) is 30.1 Å². The molecule has 0 spiro atoms. The third-order valence-electron chi connectivity index (χ3n) is 5.94. The minimum atomic E-state index is -3.80. The number of hydrogen-bond acceptors (Lipinski definition) is 6. The molecule has 0 radical (unpaired) electrons. The maximum absolute atomic E-state index is 13.4. The van der Waals surface area contributed by atoms with Crippen molar-refractivity contribution in [2.45, 2.75) is 23.8 Å². The van der Waals surface area contributed by atoms with E-state index in [4.69, 9.17) is 9.47 Å². The van der Waals surface area contributed by atoms with Crippen molar-refractivity contribution in [2.24, 2.45) is 5.92 Å². The molecule has 0 bridgehead atoms. The molecule has 8 nitrogen and oxygen atoms in total. The molecule has 1 aromatic heterocycles. The van der Waals surface area contributed by atoms with Crippen LogP contribution in [0.3, 0.4) is 0 Å². The molecule has 2 aromatic rings.